The van der Waals surface area contributed by atoms with Crippen molar-refractivity contribution in [2.24, 2.45) is 4.99 Å². The molecule has 1 heterocycles. The molecule has 3 aromatic carbocycles. The third-order valence-corrected chi connectivity index (χ3v) is 8.85. The molecule has 0 aliphatic rings. The number of carbonyl (C=O) groups excluding carboxylic acids is 2. The van der Waals surface area contributed by atoms with Crippen LogP contribution >= 0.6 is 11.3 Å². The zero-order valence-corrected chi connectivity index (χ0v) is 24.7. The molecular formula is C30H30N4O6S2. The molecule has 2 N–H and O–H groups in total. The molecule has 0 saturated heterocycles. The first-order chi connectivity index (χ1) is 20.1. The Hall–Kier alpha value is -4.42. The van der Waals surface area contributed by atoms with Gasteiger partial charge < -0.3 is 5.11 Å². The van der Waals surface area contributed by atoms with Gasteiger partial charge in [-0.05, 0) is 42.2 Å². The van der Waals surface area contributed by atoms with Crippen molar-refractivity contribution in [3.63, 3.8) is 0 Å². The number of nitrogens with zero attached hydrogens (tertiary/aromatic N) is 3. The van der Waals surface area contributed by atoms with Crippen molar-refractivity contribution in [3.8, 4) is 11.1 Å². The Kier molecular flexibility index (Phi) is 9.81. The largest absolute Gasteiger partial charge is 0.478 e. The molecule has 42 heavy (non-hydrogen) atoms. The van der Waals surface area contributed by atoms with E-state index in [1.807, 2.05) is 26.0 Å². The Bertz CT molecular complexity index is 1790. The number of carboxylic acid groups (broad SMARTS) is 1. The predicted octanol–water partition coefficient (Wildman–Crippen LogP) is 4.66. The summed E-state index contributed by atoms with van der Waals surface area (Å²) in [5.41, 5.74) is 1.77. The molecule has 12 heteroatoms. The summed E-state index contributed by atoms with van der Waals surface area (Å²) in [6.07, 6.45) is 2.13. The van der Waals surface area contributed by atoms with Crippen LogP contribution in [-0.4, -0.2) is 41.1 Å². The van der Waals surface area contributed by atoms with E-state index in [0.29, 0.717) is 28.8 Å². The molecule has 4 rings (SSSR count). The highest BCUT2D eigenvalue weighted by Crippen LogP contribution is 2.27. The zero-order chi connectivity index (χ0) is 30.3. The number of aryl methyl sites for hydroxylation is 1. The topological polar surface area (TPSA) is 148 Å². The summed E-state index contributed by atoms with van der Waals surface area (Å²) in [6, 6.07) is 19.6. The second-order valence-corrected chi connectivity index (χ2v) is 12.1. The maximum atomic E-state index is 13.0. The smallest absolute Gasteiger partial charge is 0.336 e. The normalized spacial score (nSPS) is 11.8. The number of aromatic nitrogens is 2. The molecule has 0 fully saturated rings. The van der Waals surface area contributed by atoms with Gasteiger partial charge in [0.2, 0.25) is 10.7 Å². The van der Waals surface area contributed by atoms with Gasteiger partial charge in [0.15, 0.2) is 0 Å². The van der Waals surface area contributed by atoms with Crippen LogP contribution < -0.4 is 9.52 Å². The third kappa shape index (κ3) is 7.25. The summed E-state index contributed by atoms with van der Waals surface area (Å²) in [5.74, 6) is -2.43. The van der Waals surface area contributed by atoms with E-state index in [9.17, 15) is 27.9 Å². The number of amides is 2. The highest BCUT2D eigenvalue weighted by atomic mass is 32.2. The van der Waals surface area contributed by atoms with Crippen LogP contribution in [0.3, 0.4) is 0 Å². The summed E-state index contributed by atoms with van der Waals surface area (Å²) in [7, 11) is -4.07. The standard InChI is InChI=1S/C30H30N4O6S2/c1-3-5-14-26(35)33-42(39,40)25-13-9-8-10-22(25)21-17-15-20(16-18-21)19-34-30(41-27(4-2)32-34)31-28(36)23-11-6-7-12-24(23)29(37)38/h6-13,15-18H,3-5,14,19H2,1-2H3,(H,33,35)(H,37,38). The lowest BCUT2D eigenvalue weighted by molar-refractivity contribution is -0.119. The van der Waals surface area contributed by atoms with Gasteiger partial charge in [-0.25, -0.2) is 22.6 Å². The van der Waals surface area contributed by atoms with Crippen LogP contribution in [0.4, 0.5) is 0 Å². The monoisotopic (exact) mass is 606 g/mol. The van der Waals surface area contributed by atoms with E-state index < -0.39 is 27.8 Å². The maximum Gasteiger partial charge on any atom is 0.336 e. The van der Waals surface area contributed by atoms with Gasteiger partial charge in [0.05, 0.1) is 22.6 Å². The Morgan fingerprint density at radius 1 is 0.952 bits per heavy atom. The number of benzene rings is 3. The first-order valence-electron chi connectivity index (χ1n) is 13.3. The van der Waals surface area contributed by atoms with E-state index in [1.54, 1.807) is 47.1 Å². The molecule has 218 valence electrons. The maximum absolute atomic E-state index is 13.0. The molecule has 0 bridgehead atoms. The molecule has 1 aromatic heterocycles. The average molecular weight is 607 g/mol. The van der Waals surface area contributed by atoms with Crippen molar-refractivity contribution < 1.29 is 27.9 Å². The van der Waals surface area contributed by atoms with Gasteiger partial charge in [0, 0.05) is 12.0 Å². The summed E-state index contributed by atoms with van der Waals surface area (Å²) in [6.45, 7) is 4.13. The molecule has 0 saturated carbocycles. The lowest BCUT2D eigenvalue weighted by Gasteiger charge is -2.12. The summed E-state index contributed by atoms with van der Waals surface area (Å²) >= 11 is 1.25. The SMILES string of the molecule is CCCCC(=O)NS(=O)(=O)c1ccccc1-c1ccc(Cn2nc(CC)sc2=NC(=O)c2ccccc2C(=O)O)cc1. The average Bonchev–Trinajstić information content (AvgIpc) is 3.37. The number of aromatic carboxylic acids is 1. The molecule has 0 aliphatic heterocycles. The van der Waals surface area contributed by atoms with E-state index in [-0.39, 0.29) is 29.0 Å². The highest BCUT2D eigenvalue weighted by molar-refractivity contribution is 7.90. The Labute approximate surface area is 247 Å². The zero-order valence-electron chi connectivity index (χ0n) is 23.1. The second-order valence-electron chi connectivity index (χ2n) is 9.38. The minimum absolute atomic E-state index is 0.00491. The fourth-order valence-electron chi connectivity index (χ4n) is 4.18. The fraction of sp³-hybridized carbons (Fsp3) is 0.233. The van der Waals surface area contributed by atoms with Crippen LogP contribution in [0, 0.1) is 0 Å². The van der Waals surface area contributed by atoms with Gasteiger partial charge in [-0.1, -0.05) is 86.2 Å². The van der Waals surface area contributed by atoms with Gasteiger partial charge in [0.1, 0.15) is 5.01 Å². The number of hydrogen-bond donors (Lipinski definition) is 2. The summed E-state index contributed by atoms with van der Waals surface area (Å²) in [5, 5.41) is 14.8. The van der Waals surface area contributed by atoms with Gasteiger partial charge in [0.25, 0.3) is 15.9 Å². The van der Waals surface area contributed by atoms with Crippen LogP contribution in [0.25, 0.3) is 11.1 Å². The van der Waals surface area contributed by atoms with Crippen LogP contribution in [-0.2, 0) is 27.8 Å². The molecule has 0 unspecified atom stereocenters. The fourth-order valence-corrected chi connectivity index (χ4v) is 6.26. The lowest BCUT2D eigenvalue weighted by atomic mass is 10.0. The molecule has 0 spiro atoms. The van der Waals surface area contributed by atoms with E-state index in [0.717, 1.165) is 17.0 Å². The van der Waals surface area contributed by atoms with Crippen molar-refractivity contribution >= 4 is 39.1 Å². The first-order valence-corrected chi connectivity index (χ1v) is 15.6. The molecule has 0 radical (unpaired) electrons. The molecular weight excluding hydrogens is 576 g/mol. The van der Waals surface area contributed by atoms with Crippen molar-refractivity contribution in [1.82, 2.24) is 14.5 Å². The van der Waals surface area contributed by atoms with Crippen molar-refractivity contribution in [2.45, 2.75) is 51.0 Å². The Balaban J connectivity index is 1.61. The third-order valence-electron chi connectivity index (χ3n) is 6.33. The number of rotatable bonds is 11. The minimum atomic E-state index is -4.07. The van der Waals surface area contributed by atoms with E-state index in [1.165, 1.54) is 29.5 Å². The van der Waals surface area contributed by atoms with Crippen molar-refractivity contribution in [2.75, 3.05) is 0 Å². The molecule has 0 atom stereocenters. The van der Waals surface area contributed by atoms with E-state index in [4.69, 9.17) is 0 Å². The number of carboxylic acids is 1. The van der Waals surface area contributed by atoms with Crippen LogP contribution in [0.2, 0.25) is 0 Å². The second kappa shape index (κ2) is 13.5. The molecule has 4 aromatic rings. The van der Waals surface area contributed by atoms with Crippen LogP contribution in [0.5, 0.6) is 0 Å². The predicted molar refractivity (Wildman–Crippen MR) is 159 cm³/mol. The lowest BCUT2D eigenvalue weighted by Crippen LogP contribution is -2.30. The first kappa shape index (κ1) is 30.5. The summed E-state index contributed by atoms with van der Waals surface area (Å²) in [4.78, 5) is 41.2. The Morgan fingerprint density at radius 3 is 2.29 bits per heavy atom. The number of carbonyl (C=O) groups is 3. The number of sulfonamides is 1. The van der Waals surface area contributed by atoms with Crippen LogP contribution in [0.15, 0.2) is 82.7 Å². The van der Waals surface area contributed by atoms with E-state index >= 15 is 0 Å². The van der Waals surface area contributed by atoms with E-state index in [2.05, 4.69) is 14.8 Å². The van der Waals surface area contributed by atoms with Crippen LogP contribution in [0.1, 0.15) is 64.4 Å². The van der Waals surface area contributed by atoms with Crippen molar-refractivity contribution in [1.29, 1.82) is 0 Å². The summed E-state index contributed by atoms with van der Waals surface area (Å²) < 4.78 is 29.8. The van der Waals surface area contributed by atoms with Gasteiger partial charge in [-0.2, -0.15) is 10.1 Å². The van der Waals surface area contributed by atoms with Gasteiger partial charge in [-0.3, -0.25) is 9.59 Å². The number of unbranched alkanes of at least 4 members (excludes halogenated alkanes) is 1. The van der Waals surface area contributed by atoms with Gasteiger partial charge >= 0.3 is 5.97 Å². The number of nitrogens with one attached hydrogen (secondary N) is 1. The molecule has 2 amide bonds. The van der Waals surface area contributed by atoms with Gasteiger partial charge in [-0.15, -0.1) is 0 Å². The minimum Gasteiger partial charge on any atom is -0.478 e. The quantitative estimate of drug-likeness (QED) is 0.252. The Morgan fingerprint density at radius 2 is 1.62 bits per heavy atom. The molecule has 10 nitrogen and oxygen atoms in total. The van der Waals surface area contributed by atoms with Crippen molar-refractivity contribution in [3.05, 3.63) is 99.3 Å². The number of hydrogen-bond acceptors (Lipinski definition) is 7. The highest BCUT2D eigenvalue weighted by Gasteiger charge is 2.21. The molecule has 0 aliphatic carbocycles.